The Labute approximate surface area is 157 Å². The summed E-state index contributed by atoms with van der Waals surface area (Å²) in [6.45, 7) is 1.70. The fraction of sp³-hybridized carbons (Fsp3) is 0.412. The standard InChI is InChI=1S/C17H18BrF3N4O/c1-9(8-26)22-16-24-14(10-2-3-10)7-15(25-16)23-11-4-5-13(18)12(6-11)17(19,20)21/h4-7,9-10,26H,2-3,8H2,1H3,(H2,22,23,24,25)/t9-/m0/s1. The fourth-order valence-corrected chi connectivity index (χ4v) is 2.89. The molecule has 0 saturated heterocycles. The van der Waals surface area contributed by atoms with Gasteiger partial charge in [-0.2, -0.15) is 18.2 Å². The Hall–Kier alpha value is -1.87. The molecule has 0 bridgehead atoms. The van der Waals surface area contributed by atoms with Crippen LogP contribution in [0.25, 0.3) is 0 Å². The zero-order valence-electron chi connectivity index (χ0n) is 13.9. The summed E-state index contributed by atoms with van der Waals surface area (Å²) in [7, 11) is 0. The molecule has 1 heterocycles. The van der Waals surface area contributed by atoms with Crippen LogP contribution >= 0.6 is 15.9 Å². The van der Waals surface area contributed by atoms with Gasteiger partial charge in [-0.15, -0.1) is 0 Å². The van der Waals surface area contributed by atoms with Gasteiger partial charge < -0.3 is 15.7 Å². The largest absolute Gasteiger partial charge is 0.417 e. The molecule has 3 rings (SSSR count). The summed E-state index contributed by atoms with van der Waals surface area (Å²) in [5.41, 5.74) is 0.358. The van der Waals surface area contributed by atoms with Crippen molar-refractivity contribution in [3.63, 3.8) is 0 Å². The van der Waals surface area contributed by atoms with Crippen molar-refractivity contribution in [2.75, 3.05) is 17.2 Å². The lowest BCUT2D eigenvalue weighted by molar-refractivity contribution is -0.138. The zero-order chi connectivity index (χ0) is 18.9. The summed E-state index contributed by atoms with van der Waals surface area (Å²) in [6.07, 6.45) is -2.39. The van der Waals surface area contributed by atoms with Crippen molar-refractivity contribution < 1.29 is 18.3 Å². The van der Waals surface area contributed by atoms with Crippen molar-refractivity contribution in [2.24, 2.45) is 0 Å². The Morgan fingerprint density at radius 1 is 1.27 bits per heavy atom. The number of nitrogens with one attached hydrogen (secondary N) is 2. The van der Waals surface area contributed by atoms with E-state index in [0.29, 0.717) is 17.7 Å². The molecule has 0 amide bonds. The Balaban J connectivity index is 1.89. The molecule has 0 aliphatic heterocycles. The third-order valence-electron chi connectivity index (χ3n) is 3.94. The minimum Gasteiger partial charge on any atom is -0.394 e. The number of rotatable bonds is 6. The minimum atomic E-state index is -4.45. The molecule has 140 valence electrons. The maximum Gasteiger partial charge on any atom is 0.417 e. The molecule has 3 N–H and O–H groups in total. The van der Waals surface area contributed by atoms with Crippen LogP contribution in [0.2, 0.25) is 0 Å². The van der Waals surface area contributed by atoms with E-state index in [1.165, 1.54) is 6.07 Å². The van der Waals surface area contributed by atoms with Gasteiger partial charge in [-0.3, -0.25) is 0 Å². The lowest BCUT2D eigenvalue weighted by Crippen LogP contribution is -2.21. The predicted octanol–water partition coefficient (Wildman–Crippen LogP) is 4.67. The molecule has 1 atom stereocenters. The van der Waals surface area contributed by atoms with E-state index in [9.17, 15) is 18.3 Å². The van der Waals surface area contributed by atoms with Crippen molar-refractivity contribution in [3.05, 3.63) is 40.0 Å². The van der Waals surface area contributed by atoms with Crippen LogP contribution in [0.4, 0.5) is 30.6 Å². The molecular weight excluding hydrogens is 413 g/mol. The number of halogens is 4. The number of hydrogen-bond donors (Lipinski definition) is 3. The summed E-state index contributed by atoms with van der Waals surface area (Å²) in [5, 5.41) is 15.1. The van der Waals surface area contributed by atoms with Crippen LogP contribution in [-0.4, -0.2) is 27.7 Å². The highest BCUT2D eigenvalue weighted by Crippen LogP contribution is 2.40. The highest BCUT2D eigenvalue weighted by atomic mass is 79.9. The predicted molar refractivity (Wildman–Crippen MR) is 96.6 cm³/mol. The van der Waals surface area contributed by atoms with Crippen molar-refractivity contribution in [3.8, 4) is 0 Å². The number of aromatic nitrogens is 2. The lowest BCUT2D eigenvalue weighted by Gasteiger charge is -2.15. The van der Waals surface area contributed by atoms with E-state index < -0.39 is 11.7 Å². The Bertz CT molecular complexity index is 796. The molecular formula is C17H18BrF3N4O. The monoisotopic (exact) mass is 430 g/mol. The van der Waals surface area contributed by atoms with Gasteiger partial charge in [0.2, 0.25) is 5.95 Å². The molecule has 2 aromatic rings. The average Bonchev–Trinajstić information content (AvgIpc) is 3.40. The summed E-state index contributed by atoms with van der Waals surface area (Å²) >= 11 is 2.93. The van der Waals surface area contributed by atoms with Gasteiger partial charge in [0, 0.05) is 28.2 Å². The normalized spacial score (nSPS) is 15.6. The first-order valence-corrected chi connectivity index (χ1v) is 8.95. The molecule has 1 aliphatic rings. The van der Waals surface area contributed by atoms with E-state index in [4.69, 9.17) is 0 Å². The van der Waals surface area contributed by atoms with E-state index >= 15 is 0 Å². The molecule has 1 fully saturated rings. The van der Waals surface area contributed by atoms with E-state index in [-0.39, 0.29) is 22.8 Å². The maximum atomic E-state index is 13.1. The number of alkyl halides is 3. The van der Waals surface area contributed by atoms with Gasteiger partial charge in [-0.05, 0) is 38.0 Å². The van der Waals surface area contributed by atoms with Gasteiger partial charge in [-0.25, -0.2) is 4.98 Å². The number of anilines is 3. The van der Waals surface area contributed by atoms with Crippen LogP contribution in [0.5, 0.6) is 0 Å². The smallest absolute Gasteiger partial charge is 0.394 e. The van der Waals surface area contributed by atoms with Crippen LogP contribution in [0.3, 0.4) is 0 Å². The quantitative estimate of drug-likeness (QED) is 0.620. The maximum absolute atomic E-state index is 13.1. The van der Waals surface area contributed by atoms with E-state index in [2.05, 4.69) is 36.5 Å². The number of benzene rings is 1. The first kappa shape index (κ1) is 18.9. The van der Waals surface area contributed by atoms with Gasteiger partial charge in [-0.1, -0.05) is 15.9 Å². The minimum absolute atomic E-state index is 0.0176. The van der Waals surface area contributed by atoms with Gasteiger partial charge in [0.05, 0.1) is 17.9 Å². The lowest BCUT2D eigenvalue weighted by atomic mass is 10.2. The molecule has 1 aliphatic carbocycles. The van der Waals surface area contributed by atoms with Gasteiger partial charge >= 0.3 is 6.18 Å². The van der Waals surface area contributed by atoms with Gasteiger partial charge in [0.1, 0.15) is 5.82 Å². The van der Waals surface area contributed by atoms with E-state index in [1.807, 2.05) is 0 Å². The van der Waals surface area contributed by atoms with E-state index in [1.54, 1.807) is 19.1 Å². The van der Waals surface area contributed by atoms with Crippen molar-refractivity contribution in [2.45, 2.75) is 37.9 Å². The van der Waals surface area contributed by atoms with Crippen LogP contribution in [0.1, 0.15) is 36.9 Å². The molecule has 0 unspecified atom stereocenters. The second kappa shape index (κ2) is 7.40. The molecule has 9 heteroatoms. The number of hydrogen-bond acceptors (Lipinski definition) is 5. The summed E-state index contributed by atoms with van der Waals surface area (Å²) < 4.78 is 39.2. The highest BCUT2D eigenvalue weighted by Gasteiger charge is 2.33. The molecule has 1 aromatic heterocycles. The van der Waals surface area contributed by atoms with Gasteiger partial charge in [0.25, 0.3) is 0 Å². The van der Waals surface area contributed by atoms with Crippen LogP contribution in [0, 0.1) is 0 Å². The number of aliphatic hydroxyl groups excluding tert-OH is 1. The third-order valence-corrected chi connectivity index (χ3v) is 4.63. The first-order chi connectivity index (χ1) is 12.3. The number of aliphatic hydroxyl groups is 1. The number of nitrogens with zero attached hydrogens (tertiary/aromatic N) is 2. The fourth-order valence-electron chi connectivity index (χ4n) is 2.42. The third kappa shape index (κ3) is 4.64. The Kier molecular flexibility index (Phi) is 5.38. The highest BCUT2D eigenvalue weighted by molar-refractivity contribution is 9.10. The van der Waals surface area contributed by atoms with Crippen LogP contribution in [-0.2, 0) is 6.18 Å². The summed E-state index contributed by atoms with van der Waals surface area (Å²) in [6, 6.07) is 5.44. The molecule has 26 heavy (non-hydrogen) atoms. The molecule has 5 nitrogen and oxygen atoms in total. The molecule has 0 radical (unpaired) electrons. The van der Waals surface area contributed by atoms with Crippen molar-refractivity contribution in [1.29, 1.82) is 0 Å². The van der Waals surface area contributed by atoms with E-state index in [0.717, 1.165) is 24.6 Å². The van der Waals surface area contributed by atoms with Gasteiger partial charge in [0.15, 0.2) is 0 Å². The molecule has 1 saturated carbocycles. The second-order valence-corrected chi connectivity index (χ2v) is 7.18. The molecule has 0 spiro atoms. The Morgan fingerprint density at radius 2 is 2.00 bits per heavy atom. The van der Waals surface area contributed by atoms with Crippen molar-refractivity contribution in [1.82, 2.24) is 9.97 Å². The SMILES string of the molecule is C[C@@H](CO)Nc1nc(Nc2ccc(Br)c(C(F)(F)F)c2)cc(C2CC2)n1. The topological polar surface area (TPSA) is 70.1 Å². The Morgan fingerprint density at radius 3 is 2.62 bits per heavy atom. The summed E-state index contributed by atoms with van der Waals surface area (Å²) in [4.78, 5) is 8.74. The van der Waals surface area contributed by atoms with Crippen molar-refractivity contribution >= 4 is 33.4 Å². The summed E-state index contributed by atoms with van der Waals surface area (Å²) in [5.74, 6) is 1.09. The first-order valence-electron chi connectivity index (χ1n) is 8.16. The molecule has 1 aromatic carbocycles. The second-order valence-electron chi connectivity index (χ2n) is 6.32. The van der Waals surface area contributed by atoms with Crippen LogP contribution < -0.4 is 10.6 Å². The zero-order valence-corrected chi connectivity index (χ0v) is 15.5. The van der Waals surface area contributed by atoms with Crippen LogP contribution in [0.15, 0.2) is 28.7 Å². The average molecular weight is 431 g/mol.